The van der Waals surface area contributed by atoms with Crippen molar-refractivity contribution >= 4 is 11.9 Å². The fraction of sp³-hybridized carbons (Fsp3) is 0.692. The van der Waals surface area contributed by atoms with Gasteiger partial charge in [0.15, 0.2) is 5.78 Å². The molecule has 4 heteroatoms. The Hall–Kier alpha value is -1.32. The third kappa shape index (κ3) is 3.88. The second-order valence-electron chi connectivity index (χ2n) is 5.14. The van der Waals surface area contributed by atoms with Crippen LogP contribution in [0.5, 0.6) is 0 Å². The molecule has 17 heavy (non-hydrogen) atoms. The van der Waals surface area contributed by atoms with E-state index >= 15 is 0 Å². The summed E-state index contributed by atoms with van der Waals surface area (Å²) < 4.78 is 5.30. The van der Waals surface area contributed by atoms with Crippen molar-refractivity contribution in [3.8, 4) is 0 Å². The molecule has 0 saturated carbocycles. The van der Waals surface area contributed by atoms with Crippen LogP contribution in [0.1, 0.15) is 47.0 Å². The zero-order valence-corrected chi connectivity index (χ0v) is 11.1. The average molecular weight is 239 g/mol. The molecular formula is C13H21NO3. The summed E-state index contributed by atoms with van der Waals surface area (Å²) >= 11 is 0. The van der Waals surface area contributed by atoms with E-state index in [1.165, 1.54) is 4.90 Å². The van der Waals surface area contributed by atoms with Gasteiger partial charge in [-0.15, -0.1) is 0 Å². The molecule has 1 aliphatic rings. The Morgan fingerprint density at radius 3 is 2.59 bits per heavy atom. The van der Waals surface area contributed by atoms with E-state index in [0.717, 1.165) is 12.8 Å². The van der Waals surface area contributed by atoms with Crippen LogP contribution >= 0.6 is 0 Å². The number of amides is 1. The van der Waals surface area contributed by atoms with Crippen molar-refractivity contribution in [1.82, 2.24) is 4.90 Å². The van der Waals surface area contributed by atoms with Crippen molar-refractivity contribution in [2.75, 3.05) is 6.54 Å². The van der Waals surface area contributed by atoms with Crippen LogP contribution < -0.4 is 0 Å². The van der Waals surface area contributed by atoms with Crippen LogP contribution in [0, 0.1) is 0 Å². The lowest BCUT2D eigenvalue weighted by Crippen LogP contribution is -2.40. The number of hydrogen-bond acceptors (Lipinski definition) is 3. The molecule has 0 fully saturated rings. The summed E-state index contributed by atoms with van der Waals surface area (Å²) in [6.45, 7) is 7.82. The lowest BCUT2D eigenvalue weighted by molar-refractivity contribution is -0.117. The monoisotopic (exact) mass is 239 g/mol. The van der Waals surface area contributed by atoms with Gasteiger partial charge in [0.1, 0.15) is 5.60 Å². The molecule has 0 spiro atoms. The quantitative estimate of drug-likeness (QED) is 0.744. The second kappa shape index (κ2) is 5.34. The fourth-order valence-corrected chi connectivity index (χ4v) is 1.67. The fourth-order valence-electron chi connectivity index (χ4n) is 1.67. The molecule has 0 bridgehead atoms. The summed E-state index contributed by atoms with van der Waals surface area (Å²) in [4.78, 5) is 25.1. The van der Waals surface area contributed by atoms with E-state index in [2.05, 4.69) is 0 Å². The number of Topliss-reactive ketones (excluding diaryl/α,β-unsaturated/α-hetero) is 1. The van der Waals surface area contributed by atoms with Crippen molar-refractivity contribution in [2.24, 2.45) is 0 Å². The topological polar surface area (TPSA) is 46.6 Å². The van der Waals surface area contributed by atoms with Crippen molar-refractivity contribution in [2.45, 2.75) is 52.6 Å². The van der Waals surface area contributed by atoms with E-state index in [-0.39, 0.29) is 5.78 Å². The first-order valence-corrected chi connectivity index (χ1v) is 6.09. The molecule has 96 valence electrons. The summed E-state index contributed by atoms with van der Waals surface area (Å²) in [6.07, 6.45) is 3.54. The molecule has 0 aromatic carbocycles. The Morgan fingerprint density at radius 2 is 2.06 bits per heavy atom. The van der Waals surface area contributed by atoms with Crippen LogP contribution in [0.3, 0.4) is 0 Å². The largest absolute Gasteiger partial charge is 0.443 e. The molecule has 1 aliphatic heterocycles. The number of carbonyl (C=O) groups is 2. The standard InChI is InChI=1S/C13H21NO3/c1-5-11(15)10-8-6-7-9-14(10)12(16)17-13(2,3)4/h8H,5-7,9H2,1-4H3. The Labute approximate surface area is 103 Å². The van der Waals surface area contributed by atoms with Crippen LogP contribution in [-0.4, -0.2) is 28.9 Å². The third-order valence-electron chi connectivity index (χ3n) is 2.44. The molecule has 0 atom stereocenters. The van der Waals surface area contributed by atoms with Crippen LogP contribution in [0.2, 0.25) is 0 Å². The first-order chi connectivity index (χ1) is 7.85. The summed E-state index contributed by atoms with van der Waals surface area (Å²) in [7, 11) is 0. The van der Waals surface area contributed by atoms with Gasteiger partial charge in [0.2, 0.25) is 0 Å². The number of nitrogens with zero attached hydrogens (tertiary/aromatic N) is 1. The van der Waals surface area contributed by atoms with Gasteiger partial charge >= 0.3 is 6.09 Å². The van der Waals surface area contributed by atoms with Crippen LogP contribution in [0.25, 0.3) is 0 Å². The lowest BCUT2D eigenvalue weighted by Gasteiger charge is -2.30. The van der Waals surface area contributed by atoms with E-state index in [9.17, 15) is 9.59 Å². The minimum Gasteiger partial charge on any atom is -0.443 e. The molecule has 0 saturated heterocycles. The smallest absolute Gasteiger partial charge is 0.414 e. The summed E-state index contributed by atoms with van der Waals surface area (Å²) in [5, 5.41) is 0. The summed E-state index contributed by atoms with van der Waals surface area (Å²) in [5.74, 6) is -0.00411. The van der Waals surface area contributed by atoms with Crippen molar-refractivity contribution in [1.29, 1.82) is 0 Å². The number of rotatable bonds is 2. The second-order valence-corrected chi connectivity index (χ2v) is 5.14. The summed E-state index contributed by atoms with van der Waals surface area (Å²) in [5.41, 5.74) is -0.0393. The average Bonchev–Trinajstić information content (AvgIpc) is 2.25. The SMILES string of the molecule is CCC(=O)C1=CCCCN1C(=O)OC(C)(C)C. The highest BCUT2D eigenvalue weighted by Gasteiger charge is 2.28. The van der Waals surface area contributed by atoms with Crippen molar-refractivity contribution in [3.63, 3.8) is 0 Å². The maximum atomic E-state index is 12.0. The normalized spacial score (nSPS) is 16.5. The minimum absolute atomic E-state index is 0.00411. The highest BCUT2D eigenvalue weighted by Crippen LogP contribution is 2.20. The van der Waals surface area contributed by atoms with Gasteiger partial charge in [-0.05, 0) is 33.6 Å². The van der Waals surface area contributed by atoms with Gasteiger partial charge in [-0.2, -0.15) is 0 Å². The van der Waals surface area contributed by atoms with Gasteiger partial charge in [-0.1, -0.05) is 13.0 Å². The molecule has 1 amide bonds. The van der Waals surface area contributed by atoms with Crippen molar-refractivity contribution < 1.29 is 14.3 Å². The maximum Gasteiger partial charge on any atom is 0.414 e. The van der Waals surface area contributed by atoms with E-state index < -0.39 is 11.7 Å². The van der Waals surface area contributed by atoms with Crippen LogP contribution in [0.15, 0.2) is 11.8 Å². The van der Waals surface area contributed by atoms with Gasteiger partial charge < -0.3 is 4.74 Å². The van der Waals surface area contributed by atoms with Gasteiger partial charge in [0.05, 0.1) is 5.70 Å². The molecular weight excluding hydrogens is 218 g/mol. The molecule has 0 radical (unpaired) electrons. The molecule has 0 aromatic rings. The first-order valence-electron chi connectivity index (χ1n) is 6.09. The molecule has 4 nitrogen and oxygen atoms in total. The number of ether oxygens (including phenoxy) is 1. The van der Waals surface area contributed by atoms with Gasteiger partial charge in [-0.25, -0.2) is 4.79 Å². The predicted molar refractivity (Wildman–Crippen MR) is 65.6 cm³/mol. The zero-order chi connectivity index (χ0) is 13.1. The third-order valence-corrected chi connectivity index (χ3v) is 2.44. The molecule has 0 N–H and O–H groups in total. The highest BCUT2D eigenvalue weighted by molar-refractivity contribution is 5.97. The van der Waals surface area contributed by atoms with Gasteiger partial charge in [-0.3, -0.25) is 9.69 Å². The van der Waals surface area contributed by atoms with Gasteiger partial charge in [0, 0.05) is 13.0 Å². The Morgan fingerprint density at radius 1 is 1.41 bits per heavy atom. The molecule has 0 aromatic heterocycles. The molecule has 1 heterocycles. The van der Waals surface area contributed by atoms with E-state index in [1.54, 1.807) is 6.92 Å². The number of ketones is 1. The maximum absolute atomic E-state index is 12.0. The Bertz CT molecular complexity index is 339. The Balaban J connectivity index is 2.80. The molecule has 0 unspecified atom stereocenters. The van der Waals surface area contributed by atoms with Crippen molar-refractivity contribution in [3.05, 3.63) is 11.8 Å². The Kier molecular flexibility index (Phi) is 4.32. The highest BCUT2D eigenvalue weighted by atomic mass is 16.6. The van der Waals surface area contributed by atoms with E-state index in [1.807, 2.05) is 26.8 Å². The van der Waals surface area contributed by atoms with Crippen LogP contribution in [-0.2, 0) is 9.53 Å². The zero-order valence-electron chi connectivity index (χ0n) is 11.1. The molecule has 1 rings (SSSR count). The van der Waals surface area contributed by atoms with E-state index in [4.69, 9.17) is 4.74 Å². The predicted octanol–water partition coefficient (Wildman–Crippen LogP) is 2.88. The summed E-state index contributed by atoms with van der Waals surface area (Å²) in [6, 6.07) is 0. The minimum atomic E-state index is -0.533. The van der Waals surface area contributed by atoms with Gasteiger partial charge in [0.25, 0.3) is 0 Å². The first kappa shape index (κ1) is 13.7. The van der Waals surface area contributed by atoms with Crippen LogP contribution in [0.4, 0.5) is 4.79 Å². The lowest BCUT2D eigenvalue weighted by atomic mass is 10.1. The van der Waals surface area contributed by atoms with E-state index in [0.29, 0.717) is 18.7 Å². The number of carbonyl (C=O) groups excluding carboxylic acids is 2. The molecule has 0 aliphatic carbocycles. The number of allylic oxidation sites excluding steroid dienone is 2. The number of hydrogen-bond donors (Lipinski definition) is 0.